The van der Waals surface area contributed by atoms with Gasteiger partial charge in [-0.1, -0.05) is 13.8 Å². The molecule has 0 bridgehead atoms. The SMILES string of the molecule is CC(C)CC(C)(CN)NC(=O)Cc1csc(N2CCCC2=O)n1.Cl.Cl. The van der Waals surface area contributed by atoms with E-state index >= 15 is 0 Å². The van der Waals surface area contributed by atoms with E-state index in [4.69, 9.17) is 5.73 Å². The van der Waals surface area contributed by atoms with Crippen LogP contribution in [0.4, 0.5) is 5.13 Å². The maximum absolute atomic E-state index is 12.3. The van der Waals surface area contributed by atoms with E-state index in [0.29, 0.717) is 29.7 Å². The van der Waals surface area contributed by atoms with E-state index in [0.717, 1.165) is 19.4 Å². The fourth-order valence-corrected chi connectivity index (χ4v) is 3.85. The smallest absolute Gasteiger partial charge is 0.228 e. The maximum atomic E-state index is 12.3. The van der Waals surface area contributed by atoms with E-state index in [1.54, 1.807) is 4.90 Å². The molecule has 2 rings (SSSR count). The molecule has 1 atom stereocenters. The first kappa shape index (κ1) is 24.1. The number of amides is 2. The second kappa shape index (κ2) is 10.3. The van der Waals surface area contributed by atoms with Crippen molar-refractivity contribution in [1.29, 1.82) is 0 Å². The van der Waals surface area contributed by atoms with Gasteiger partial charge in [0.15, 0.2) is 5.13 Å². The fourth-order valence-electron chi connectivity index (χ4n) is 2.98. The first-order chi connectivity index (χ1) is 10.8. The maximum Gasteiger partial charge on any atom is 0.228 e. The summed E-state index contributed by atoms with van der Waals surface area (Å²) in [5.74, 6) is 0.488. The second-order valence-electron chi connectivity index (χ2n) is 6.86. The minimum atomic E-state index is -0.394. The van der Waals surface area contributed by atoms with Crippen molar-refractivity contribution in [3.8, 4) is 0 Å². The molecule has 1 saturated heterocycles. The van der Waals surface area contributed by atoms with Gasteiger partial charge in [0.05, 0.1) is 12.1 Å². The van der Waals surface area contributed by atoms with Gasteiger partial charge in [0, 0.05) is 30.4 Å². The molecule has 0 saturated carbocycles. The molecule has 9 heteroatoms. The minimum Gasteiger partial charge on any atom is -0.349 e. The van der Waals surface area contributed by atoms with E-state index in [1.165, 1.54) is 11.3 Å². The molecule has 2 heterocycles. The Hall–Kier alpha value is -0.890. The molecule has 1 fully saturated rings. The van der Waals surface area contributed by atoms with Crippen molar-refractivity contribution >= 4 is 53.1 Å². The van der Waals surface area contributed by atoms with Crippen molar-refractivity contribution in [3.63, 3.8) is 0 Å². The number of carbonyl (C=O) groups is 2. The van der Waals surface area contributed by atoms with Gasteiger partial charge in [-0.25, -0.2) is 4.98 Å². The summed E-state index contributed by atoms with van der Waals surface area (Å²) in [6, 6.07) is 0. The lowest BCUT2D eigenvalue weighted by atomic mass is 9.90. The quantitative estimate of drug-likeness (QED) is 0.722. The Kier molecular flexibility index (Phi) is 9.94. The highest BCUT2D eigenvalue weighted by atomic mass is 35.5. The molecule has 1 aliphatic heterocycles. The standard InChI is InChI=1S/C16H26N4O2S.2ClH/c1-11(2)8-16(3,10-17)19-13(21)7-12-9-23-15(18-12)20-6-4-5-14(20)22;;/h9,11H,4-8,10,17H2,1-3H3,(H,19,21);2*1H. The highest BCUT2D eigenvalue weighted by Crippen LogP contribution is 2.25. The number of halogens is 2. The number of hydrogen-bond donors (Lipinski definition) is 2. The van der Waals surface area contributed by atoms with E-state index in [1.807, 2.05) is 12.3 Å². The Balaban J connectivity index is 0.00000288. The molecule has 25 heavy (non-hydrogen) atoms. The van der Waals surface area contributed by atoms with Crippen LogP contribution in [0.15, 0.2) is 5.38 Å². The number of aromatic nitrogens is 1. The lowest BCUT2D eigenvalue weighted by Crippen LogP contribution is -2.52. The van der Waals surface area contributed by atoms with Crippen molar-refractivity contribution < 1.29 is 9.59 Å². The molecule has 1 aliphatic rings. The van der Waals surface area contributed by atoms with Gasteiger partial charge in [-0.05, 0) is 25.7 Å². The van der Waals surface area contributed by atoms with Gasteiger partial charge in [-0.15, -0.1) is 36.2 Å². The molecule has 3 N–H and O–H groups in total. The van der Waals surface area contributed by atoms with Crippen molar-refractivity contribution in [3.05, 3.63) is 11.1 Å². The number of thiazole rings is 1. The minimum absolute atomic E-state index is 0. The van der Waals surface area contributed by atoms with Crippen LogP contribution >= 0.6 is 36.2 Å². The second-order valence-corrected chi connectivity index (χ2v) is 7.69. The molecule has 144 valence electrons. The van der Waals surface area contributed by atoms with Crippen molar-refractivity contribution in [2.24, 2.45) is 11.7 Å². The molecule has 0 spiro atoms. The van der Waals surface area contributed by atoms with Crippen LogP contribution in [0.2, 0.25) is 0 Å². The summed E-state index contributed by atoms with van der Waals surface area (Å²) < 4.78 is 0. The van der Waals surface area contributed by atoms with Crippen LogP contribution in [0.25, 0.3) is 0 Å². The van der Waals surface area contributed by atoms with Gasteiger partial charge in [0.25, 0.3) is 0 Å². The fraction of sp³-hybridized carbons (Fsp3) is 0.688. The number of rotatable bonds is 7. The average Bonchev–Trinajstić information content (AvgIpc) is 3.06. The van der Waals surface area contributed by atoms with Crippen LogP contribution in [0, 0.1) is 5.92 Å². The Labute approximate surface area is 165 Å². The zero-order valence-electron chi connectivity index (χ0n) is 14.9. The molecule has 1 aromatic rings. The largest absolute Gasteiger partial charge is 0.349 e. The third-order valence-electron chi connectivity index (χ3n) is 3.94. The summed E-state index contributed by atoms with van der Waals surface area (Å²) in [7, 11) is 0. The van der Waals surface area contributed by atoms with Crippen LogP contribution < -0.4 is 16.0 Å². The highest BCUT2D eigenvalue weighted by molar-refractivity contribution is 7.14. The third kappa shape index (κ3) is 6.73. The van der Waals surface area contributed by atoms with Crippen LogP contribution in [0.5, 0.6) is 0 Å². The summed E-state index contributed by atoms with van der Waals surface area (Å²) in [6.07, 6.45) is 2.50. The van der Waals surface area contributed by atoms with E-state index < -0.39 is 5.54 Å². The van der Waals surface area contributed by atoms with Crippen molar-refractivity contribution in [2.45, 2.75) is 52.0 Å². The van der Waals surface area contributed by atoms with Gasteiger partial charge < -0.3 is 11.1 Å². The lowest BCUT2D eigenvalue weighted by Gasteiger charge is -2.31. The Bertz CT molecular complexity index is 582. The lowest BCUT2D eigenvalue weighted by molar-refractivity contribution is -0.122. The number of nitrogens with one attached hydrogen (secondary N) is 1. The molecule has 0 aromatic carbocycles. The number of anilines is 1. The zero-order chi connectivity index (χ0) is 17.0. The summed E-state index contributed by atoms with van der Waals surface area (Å²) in [4.78, 5) is 30.1. The van der Waals surface area contributed by atoms with Gasteiger partial charge in [0.2, 0.25) is 11.8 Å². The van der Waals surface area contributed by atoms with Crippen LogP contribution in [-0.4, -0.2) is 35.4 Å². The van der Waals surface area contributed by atoms with E-state index in [9.17, 15) is 9.59 Å². The molecular weight excluding hydrogens is 383 g/mol. The normalized spacial score (nSPS) is 16.2. The topological polar surface area (TPSA) is 88.3 Å². The monoisotopic (exact) mass is 410 g/mol. The average molecular weight is 411 g/mol. The van der Waals surface area contributed by atoms with Gasteiger partial charge >= 0.3 is 0 Å². The van der Waals surface area contributed by atoms with Crippen LogP contribution in [0.3, 0.4) is 0 Å². The Morgan fingerprint density at radius 2 is 2.16 bits per heavy atom. The van der Waals surface area contributed by atoms with Crippen molar-refractivity contribution in [2.75, 3.05) is 18.0 Å². The number of nitrogens with two attached hydrogens (primary N) is 1. The molecule has 1 unspecified atom stereocenters. The Morgan fingerprint density at radius 3 is 2.68 bits per heavy atom. The first-order valence-electron chi connectivity index (χ1n) is 8.09. The first-order valence-corrected chi connectivity index (χ1v) is 8.97. The number of hydrogen-bond acceptors (Lipinski definition) is 5. The molecule has 6 nitrogen and oxygen atoms in total. The predicted molar refractivity (Wildman–Crippen MR) is 107 cm³/mol. The third-order valence-corrected chi connectivity index (χ3v) is 4.85. The van der Waals surface area contributed by atoms with Gasteiger partial charge in [0.1, 0.15) is 0 Å². The summed E-state index contributed by atoms with van der Waals surface area (Å²) in [6.45, 7) is 7.32. The Morgan fingerprint density at radius 1 is 1.48 bits per heavy atom. The summed E-state index contributed by atoms with van der Waals surface area (Å²) in [5, 5.41) is 5.57. The number of nitrogens with zero attached hydrogens (tertiary/aromatic N) is 2. The molecule has 0 aliphatic carbocycles. The molecule has 1 aromatic heterocycles. The zero-order valence-corrected chi connectivity index (χ0v) is 17.4. The number of carbonyl (C=O) groups excluding carboxylic acids is 2. The van der Waals surface area contributed by atoms with E-state index in [-0.39, 0.29) is 43.0 Å². The van der Waals surface area contributed by atoms with Crippen LogP contribution in [0.1, 0.15) is 45.7 Å². The summed E-state index contributed by atoms with van der Waals surface area (Å²) >= 11 is 1.42. The van der Waals surface area contributed by atoms with Crippen molar-refractivity contribution in [1.82, 2.24) is 10.3 Å². The predicted octanol–water partition coefficient (Wildman–Crippen LogP) is 2.54. The summed E-state index contributed by atoms with van der Waals surface area (Å²) in [5.41, 5.74) is 6.13. The molecule has 2 amide bonds. The van der Waals surface area contributed by atoms with Crippen LogP contribution in [-0.2, 0) is 16.0 Å². The highest BCUT2D eigenvalue weighted by Gasteiger charge is 2.27. The molecular formula is C16H28Cl2N4O2S. The van der Waals surface area contributed by atoms with Gasteiger partial charge in [-0.2, -0.15) is 0 Å². The van der Waals surface area contributed by atoms with Gasteiger partial charge in [-0.3, -0.25) is 14.5 Å². The van der Waals surface area contributed by atoms with E-state index in [2.05, 4.69) is 24.1 Å². The molecule has 0 radical (unpaired) electrons.